The average Bonchev–Trinajstić information content (AvgIpc) is 2.65. The quantitative estimate of drug-likeness (QED) is 0.822. The number of nitrogen functional groups attached to an aromatic ring is 1. The van der Waals surface area contributed by atoms with Crippen LogP contribution in [0.5, 0.6) is 5.75 Å². The van der Waals surface area contributed by atoms with Crippen LogP contribution in [0.3, 0.4) is 0 Å². The zero-order valence-electron chi connectivity index (χ0n) is 8.55. The van der Waals surface area contributed by atoms with Gasteiger partial charge in [-0.2, -0.15) is 5.10 Å². The highest BCUT2D eigenvalue weighted by Crippen LogP contribution is 2.14. The van der Waals surface area contributed by atoms with Crippen molar-refractivity contribution in [3.63, 3.8) is 0 Å². The summed E-state index contributed by atoms with van der Waals surface area (Å²) in [6.45, 7) is 0.663. The molecule has 0 aliphatic carbocycles. The van der Waals surface area contributed by atoms with E-state index in [4.69, 9.17) is 10.5 Å². The SMILES string of the molecule is COc1cccc(Cn2nccc2N)c1. The van der Waals surface area contributed by atoms with Gasteiger partial charge in [-0.25, -0.2) is 4.68 Å². The summed E-state index contributed by atoms with van der Waals surface area (Å²) in [5, 5.41) is 4.12. The molecule has 4 heteroatoms. The van der Waals surface area contributed by atoms with Gasteiger partial charge in [-0.3, -0.25) is 0 Å². The summed E-state index contributed by atoms with van der Waals surface area (Å²) in [5.74, 6) is 1.51. The average molecular weight is 203 g/mol. The van der Waals surface area contributed by atoms with Crippen LogP contribution in [0, 0.1) is 0 Å². The Hall–Kier alpha value is -1.97. The molecule has 0 aliphatic heterocycles. The predicted molar refractivity (Wildman–Crippen MR) is 58.7 cm³/mol. The molecule has 1 aromatic carbocycles. The highest BCUT2D eigenvalue weighted by atomic mass is 16.5. The Morgan fingerprint density at radius 2 is 2.27 bits per heavy atom. The van der Waals surface area contributed by atoms with E-state index in [1.54, 1.807) is 24.1 Å². The van der Waals surface area contributed by atoms with Gasteiger partial charge in [0.05, 0.1) is 19.9 Å². The molecule has 0 unspecified atom stereocenters. The summed E-state index contributed by atoms with van der Waals surface area (Å²) in [4.78, 5) is 0. The fourth-order valence-electron chi connectivity index (χ4n) is 1.42. The van der Waals surface area contributed by atoms with E-state index in [9.17, 15) is 0 Å². The minimum absolute atomic E-state index is 0.663. The van der Waals surface area contributed by atoms with E-state index in [0.29, 0.717) is 12.4 Å². The predicted octanol–water partition coefficient (Wildman–Crippen LogP) is 1.52. The van der Waals surface area contributed by atoms with Gasteiger partial charge in [-0.05, 0) is 23.8 Å². The van der Waals surface area contributed by atoms with Gasteiger partial charge in [0.25, 0.3) is 0 Å². The van der Waals surface area contributed by atoms with Crippen LogP contribution in [0.15, 0.2) is 36.5 Å². The Kier molecular flexibility index (Phi) is 2.58. The summed E-state index contributed by atoms with van der Waals surface area (Å²) in [6, 6.07) is 9.63. The van der Waals surface area contributed by atoms with Gasteiger partial charge in [0.2, 0.25) is 0 Å². The fraction of sp³-hybridized carbons (Fsp3) is 0.182. The molecule has 0 saturated carbocycles. The Morgan fingerprint density at radius 3 is 2.93 bits per heavy atom. The molecule has 0 radical (unpaired) electrons. The lowest BCUT2D eigenvalue weighted by Gasteiger charge is -2.06. The molecule has 78 valence electrons. The molecule has 0 fully saturated rings. The van der Waals surface area contributed by atoms with E-state index in [1.807, 2.05) is 24.3 Å². The van der Waals surface area contributed by atoms with Crippen molar-refractivity contribution in [3.05, 3.63) is 42.1 Å². The van der Waals surface area contributed by atoms with Gasteiger partial charge < -0.3 is 10.5 Å². The zero-order chi connectivity index (χ0) is 10.7. The smallest absolute Gasteiger partial charge is 0.122 e. The minimum Gasteiger partial charge on any atom is -0.497 e. The molecule has 1 heterocycles. The Morgan fingerprint density at radius 1 is 1.40 bits per heavy atom. The summed E-state index contributed by atoms with van der Waals surface area (Å²) in [6.07, 6.45) is 1.69. The van der Waals surface area contributed by atoms with Crippen molar-refractivity contribution < 1.29 is 4.74 Å². The van der Waals surface area contributed by atoms with Crippen LogP contribution in [0.25, 0.3) is 0 Å². The number of nitrogens with zero attached hydrogens (tertiary/aromatic N) is 2. The second kappa shape index (κ2) is 4.04. The number of ether oxygens (including phenoxy) is 1. The van der Waals surface area contributed by atoms with Crippen LogP contribution in [-0.4, -0.2) is 16.9 Å². The number of aromatic nitrogens is 2. The molecule has 2 rings (SSSR count). The first-order valence-electron chi connectivity index (χ1n) is 4.70. The molecule has 2 aromatic rings. The van der Waals surface area contributed by atoms with E-state index in [1.165, 1.54) is 0 Å². The van der Waals surface area contributed by atoms with E-state index in [2.05, 4.69) is 5.10 Å². The van der Waals surface area contributed by atoms with Crippen molar-refractivity contribution in [1.82, 2.24) is 9.78 Å². The molecule has 15 heavy (non-hydrogen) atoms. The largest absolute Gasteiger partial charge is 0.497 e. The lowest BCUT2D eigenvalue weighted by atomic mass is 10.2. The maximum atomic E-state index is 5.73. The molecule has 0 amide bonds. The summed E-state index contributed by atoms with van der Waals surface area (Å²) in [7, 11) is 1.65. The molecule has 0 saturated heterocycles. The van der Waals surface area contributed by atoms with Crippen molar-refractivity contribution in [3.8, 4) is 5.75 Å². The topological polar surface area (TPSA) is 53.1 Å². The van der Waals surface area contributed by atoms with Crippen LogP contribution in [0.2, 0.25) is 0 Å². The number of benzene rings is 1. The first-order chi connectivity index (χ1) is 7.29. The molecule has 1 aromatic heterocycles. The fourth-order valence-corrected chi connectivity index (χ4v) is 1.42. The van der Waals surface area contributed by atoms with Crippen molar-refractivity contribution >= 4 is 5.82 Å². The van der Waals surface area contributed by atoms with Gasteiger partial charge in [0, 0.05) is 0 Å². The lowest BCUT2D eigenvalue weighted by molar-refractivity contribution is 0.414. The summed E-state index contributed by atoms with van der Waals surface area (Å²) in [5.41, 5.74) is 6.84. The molecule has 2 N–H and O–H groups in total. The monoisotopic (exact) mass is 203 g/mol. The second-order valence-corrected chi connectivity index (χ2v) is 3.27. The molecular weight excluding hydrogens is 190 g/mol. The first-order valence-corrected chi connectivity index (χ1v) is 4.70. The van der Waals surface area contributed by atoms with Gasteiger partial charge in [0.1, 0.15) is 11.6 Å². The highest BCUT2D eigenvalue weighted by Gasteiger charge is 2.00. The molecule has 0 atom stereocenters. The zero-order valence-corrected chi connectivity index (χ0v) is 8.55. The maximum Gasteiger partial charge on any atom is 0.122 e. The van der Waals surface area contributed by atoms with Crippen molar-refractivity contribution in [2.75, 3.05) is 12.8 Å². The van der Waals surface area contributed by atoms with E-state index >= 15 is 0 Å². The highest BCUT2D eigenvalue weighted by molar-refractivity contribution is 5.31. The van der Waals surface area contributed by atoms with Crippen LogP contribution < -0.4 is 10.5 Å². The van der Waals surface area contributed by atoms with E-state index in [0.717, 1.165) is 11.3 Å². The Bertz CT molecular complexity index is 451. The number of methoxy groups -OCH3 is 1. The number of rotatable bonds is 3. The molecule has 0 bridgehead atoms. The van der Waals surface area contributed by atoms with Crippen LogP contribution in [0.1, 0.15) is 5.56 Å². The minimum atomic E-state index is 0.663. The Labute approximate surface area is 88.3 Å². The number of nitrogens with two attached hydrogens (primary N) is 1. The first kappa shape index (κ1) is 9.58. The number of anilines is 1. The van der Waals surface area contributed by atoms with Gasteiger partial charge in [-0.15, -0.1) is 0 Å². The normalized spacial score (nSPS) is 10.2. The van der Waals surface area contributed by atoms with Gasteiger partial charge in [-0.1, -0.05) is 12.1 Å². The third-order valence-corrected chi connectivity index (χ3v) is 2.22. The summed E-state index contributed by atoms with van der Waals surface area (Å²) < 4.78 is 6.89. The maximum absolute atomic E-state index is 5.73. The van der Waals surface area contributed by atoms with Crippen molar-refractivity contribution in [2.24, 2.45) is 0 Å². The third kappa shape index (κ3) is 2.10. The molecular formula is C11H13N3O. The van der Waals surface area contributed by atoms with Crippen LogP contribution >= 0.6 is 0 Å². The van der Waals surface area contributed by atoms with Crippen LogP contribution in [0.4, 0.5) is 5.82 Å². The van der Waals surface area contributed by atoms with Gasteiger partial charge in [0.15, 0.2) is 0 Å². The molecule has 0 aliphatic rings. The molecule has 0 spiro atoms. The van der Waals surface area contributed by atoms with Crippen molar-refractivity contribution in [2.45, 2.75) is 6.54 Å². The standard InChI is InChI=1S/C11H13N3O/c1-15-10-4-2-3-9(7-10)8-14-11(12)5-6-13-14/h2-7H,8,12H2,1H3. The summed E-state index contributed by atoms with van der Waals surface area (Å²) >= 11 is 0. The van der Waals surface area contributed by atoms with Crippen LogP contribution in [-0.2, 0) is 6.54 Å². The second-order valence-electron chi connectivity index (χ2n) is 3.27. The number of hydrogen-bond acceptors (Lipinski definition) is 3. The molecule has 4 nitrogen and oxygen atoms in total. The number of hydrogen-bond donors (Lipinski definition) is 1. The van der Waals surface area contributed by atoms with E-state index < -0.39 is 0 Å². The van der Waals surface area contributed by atoms with E-state index in [-0.39, 0.29) is 0 Å². The lowest BCUT2D eigenvalue weighted by Crippen LogP contribution is -2.05. The Balaban J connectivity index is 2.21. The van der Waals surface area contributed by atoms with Crippen molar-refractivity contribution in [1.29, 1.82) is 0 Å². The third-order valence-electron chi connectivity index (χ3n) is 2.22. The van der Waals surface area contributed by atoms with Gasteiger partial charge >= 0.3 is 0 Å².